The minimum absolute atomic E-state index is 0.0505. The molecule has 1 N–H and O–H groups in total. The molecule has 1 amide bonds. The molecule has 5 heteroatoms. The molecule has 0 aliphatic carbocycles. The molecule has 1 aromatic heterocycles. The zero-order chi connectivity index (χ0) is 14.5. The SMILES string of the molecule is Cc1ccc(OCC(=O)Nc2ccc(Cl)nc2)cc1C. The number of benzene rings is 1. The first-order valence-electron chi connectivity index (χ1n) is 6.16. The lowest BCUT2D eigenvalue weighted by Gasteiger charge is -2.09. The summed E-state index contributed by atoms with van der Waals surface area (Å²) in [6, 6.07) is 9.02. The molecule has 2 aromatic rings. The smallest absolute Gasteiger partial charge is 0.262 e. The topological polar surface area (TPSA) is 51.2 Å². The molecule has 0 fully saturated rings. The summed E-state index contributed by atoms with van der Waals surface area (Å²) in [5.41, 5.74) is 2.90. The number of nitrogens with zero attached hydrogens (tertiary/aromatic N) is 1. The highest BCUT2D eigenvalue weighted by atomic mass is 35.5. The van der Waals surface area contributed by atoms with Gasteiger partial charge in [-0.05, 0) is 49.2 Å². The van der Waals surface area contributed by atoms with E-state index in [1.54, 1.807) is 12.1 Å². The lowest BCUT2D eigenvalue weighted by molar-refractivity contribution is -0.118. The molecule has 0 saturated heterocycles. The second kappa shape index (κ2) is 6.39. The van der Waals surface area contributed by atoms with Gasteiger partial charge in [-0.25, -0.2) is 4.98 Å². The fourth-order valence-corrected chi connectivity index (χ4v) is 1.71. The molecule has 0 aliphatic rings. The van der Waals surface area contributed by atoms with Crippen molar-refractivity contribution in [2.75, 3.05) is 11.9 Å². The van der Waals surface area contributed by atoms with Crippen LogP contribution in [0, 0.1) is 13.8 Å². The maximum atomic E-state index is 11.7. The number of rotatable bonds is 4. The minimum atomic E-state index is -0.243. The highest BCUT2D eigenvalue weighted by Crippen LogP contribution is 2.16. The summed E-state index contributed by atoms with van der Waals surface area (Å²) < 4.78 is 5.44. The van der Waals surface area contributed by atoms with E-state index < -0.39 is 0 Å². The molecule has 0 saturated carbocycles. The van der Waals surface area contributed by atoms with Crippen LogP contribution in [0.2, 0.25) is 5.15 Å². The van der Waals surface area contributed by atoms with Gasteiger partial charge in [-0.1, -0.05) is 17.7 Å². The fourth-order valence-electron chi connectivity index (χ4n) is 1.60. The third-order valence-corrected chi connectivity index (χ3v) is 3.08. The van der Waals surface area contributed by atoms with Gasteiger partial charge in [0, 0.05) is 0 Å². The van der Waals surface area contributed by atoms with Crippen molar-refractivity contribution in [3.05, 3.63) is 52.8 Å². The van der Waals surface area contributed by atoms with Crippen molar-refractivity contribution in [2.45, 2.75) is 13.8 Å². The number of hydrogen-bond donors (Lipinski definition) is 1. The minimum Gasteiger partial charge on any atom is -0.484 e. The van der Waals surface area contributed by atoms with Crippen molar-refractivity contribution in [3.63, 3.8) is 0 Å². The zero-order valence-electron chi connectivity index (χ0n) is 11.3. The van der Waals surface area contributed by atoms with Crippen LogP contribution in [0.15, 0.2) is 36.5 Å². The Morgan fingerprint density at radius 3 is 2.70 bits per heavy atom. The molecule has 4 nitrogen and oxygen atoms in total. The molecule has 0 bridgehead atoms. The predicted octanol–water partition coefficient (Wildman–Crippen LogP) is 3.37. The molecule has 2 rings (SSSR count). The average Bonchev–Trinajstić information content (AvgIpc) is 2.43. The van der Waals surface area contributed by atoms with E-state index in [0.717, 1.165) is 5.56 Å². The van der Waals surface area contributed by atoms with Gasteiger partial charge in [-0.2, -0.15) is 0 Å². The Morgan fingerprint density at radius 1 is 1.25 bits per heavy atom. The van der Waals surface area contributed by atoms with E-state index in [-0.39, 0.29) is 12.5 Å². The standard InChI is InChI=1S/C15H15ClN2O2/c1-10-3-5-13(7-11(10)2)20-9-15(19)18-12-4-6-14(16)17-8-12/h3-8H,9H2,1-2H3,(H,18,19). The van der Waals surface area contributed by atoms with E-state index in [2.05, 4.69) is 10.3 Å². The Labute approximate surface area is 122 Å². The number of amides is 1. The van der Waals surface area contributed by atoms with E-state index in [1.165, 1.54) is 11.8 Å². The van der Waals surface area contributed by atoms with Gasteiger partial charge in [-0.3, -0.25) is 4.79 Å². The normalized spacial score (nSPS) is 10.2. The highest BCUT2D eigenvalue weighted by molar-refractivity contribution is 6.29. The molecule has 0 radical (unpaired) electrons. The molecule has 1 heterocycles. The fraction of sp³-hybridized carbons (Fsp3) is 0.200. The first-order chi connectivity index (χ1) is 9.54. The van der Waals surface area contributed by atoms with Crippen LogP contribution in [0.25, 0.3) is 0 Å². The van der Waals surface area contributed by atoms with Crippen molar-refractivity contribution < 1.29 is 9.53 Å². The summed E-state index contributed by atoms with van der Waals surface area (Å²) in [5, 5.41) is 3.06. The second-order valence-corrected chi connectivity index (χ2v) is 4.84. The van der Waals surface area contributed by atoms with Gasteiger partial charge >= 0.3 is 0 Å². The van der Waals surface area contributed by atoms with Gasteiger partial charge in [0.15, 0.2) is 6.61 Å². The monoisotopic (exact) mass is 290 g/mol. The Morgan fingerprint density at radius 2 is 2.05 bits per heavy atom. The largest absolute Gasteiger partial charge is 0.484 e. The van der Waals surface area contributed by atoms with Crippen molar-refractivity contribution in [1.82, 2.24) is 4.98 Å². The number of halogens is 1. The lowest BCUT2D eigenvalue weighted by Crippen LogP contribution is -2.20. The number of carbonyl (C=O) groups excluding carboxylic acids is 1. The quantitative estimate of drug-likeness (QED) is 0.878. The maximum absolute atomic E-state index is 11.7. The molecule has 0 spiro atoms. The summed E-state index contributed by atoms with van der Waals surface area (Å²) in [6.45, 7) is 3.98. The van der Waals surface area contributed by atoms with Crippen molar-refractivity contribution >= 4 is 23.2 Å². The number of aryl methyl sites for hydroxylation is 2. The van der Waals surface area contributed by atoms with E-state index in [4.69, 9.17) is 16.3 Å². The van der Waals surface area contributed by atoms with Crippen LogP contribution in [-0.4, -0.2) is 17.5 Å². The van der Waals surface area contributed by atoms with Gasteiger partial charge in [0.1, 0.15) is 10.9 Å². The first kappa shape index (κ1) is 14.3. The number of carbonyl (C=O) groups is 1. The molecular weight excluding hydrogens is 276 g/mol. The van der Waals surface area contributed by atoms with E-state index >= 15 is 0 Å². The summed E-state index contributed by atoms with van der Waals surface area (Å²) in [7, 11) is 0. The third kappa shape index (κ3) is 3.96. The van der Waals surface area contributed by atoms with Gasteiger partial charge in [0.25, 0.3) is 5.91 Å². The van der Waals surface area contributed by atoms with Crippen LogP contribution in [-0.2, 0) is 4.79 Å². The number of hydrogen-bond acceptors (Lipinski definition) is 3. The number of pyridine rings is 1. The van der Waals surface area contributed by atoms with Crippen LogP contribution in [0.3, 0.4) is 0 Å². The van der Waals surface area contributed by atoms with E-state index in [0.29, 0.717) is 16.6 Å². The van der Waals surface area contributed by atoms with Gasteiger partial charge < -0.3 is 10.1 Å². The highest BCUT2D eigenvalue weighted by Gasteiger charge is 2.05. The Hall–Kier alpha value is -2.07. The van der Waals surface area contributed by atoms with Crippen molar-refractivity contribution in [1.29, 1.82) is 0 Å². The molecule has 0 atom stereocenters. The van der Waals surface area contributed by atoms with E-state index in [1.807, 2.05) is 32.0 Å². The zero-order valence-corrected chi connectivity index (χ0v) is 12.1. The average molecular weight is 291 g/mol. The number of anilines is 1. The Balaban J connectivity index is 1.88. The number of ether oxygens (including phenoxy) is 1. The van der Waals surface area contributed by atoms with Gasteiger partial charge in [0.05, 0.1) is 11.9 Å². The number of aromatic nitrogens is 1. The van der Waals surface area contributed by atoms with Crippen molar-refractivity contribution in [3.8, 4) is 5.75 Å². The van der Waals surface area contributed by atoms with Gasteiger partial charge in [-0.15, -0.1) is 0 Å². The third-order valence-electron chi connectivity index (χ3n) is 2.86. The van der Waals surface area contributed by atoms with Crippen LogP contribution >= 0.6 is 11.6 Å². The maximum Gasteiger partial charge on any atom is 0.262 e. The van der Waals surface area contributed by atoms with Crippen LogP contribution in [0.1, 0.15) is 11.1 Å². The summed E-state index contributed by atoms with van der Waals surface area (Å²) in [6.07, 6.45) is 1.50. The molecular formula is C15H15ClN2O2. The van der Waals surface area contributed by atoms with Gasteiger partial charge in [0.2, 0.25) is 0 Å². The molecule has 104 valence electrons. The molecule has 0 unspecified atom stereocenters. The lowest BCUT2D eigenvalue weighted by atomic mass is 10.1. The van der Waals surface area contributed by atoms with Crippen molar-refractivity contribution in [2.24, 2.45) is 0 Å². The predicted molar refractivity (Wildman–Crippen MR) is 79.3 cm³/mol. The summed E-state index contributed by atoms with van der Waals surface area (Å²) >= 11 is 5.67. The first-order valence-corrected chi connectivity index (χ1v) is 6.54. The number of nitrogens with one attached hydrogen (secondary N) is 1. The summed E-state index contributed by atoms with van der Waals surface area (Å²) in [4.78, 5) is 15.6. The second-order valence-electron chi connectivity index (χ2n) is 4.45. The van der Waals surface area contributed by atoms with Crippen LogP contribution in [0.4, 0.5) is 5.69 Å². The molecule has 0 aliphatic heterocycles. The van der Waals surface area contributed by atoms with E-state index in [9.17, 15) is 4.79 Å². The van der Waals surface area contributed by atoms with Crippen LogP contribution < -0.4 is 10.1 Å². The Kier molecular flexibility index (Phi) is 4.58. The molecule has 1 aromatic carbocycles. The summed E-state index contributed by atoms with van der Waals surface area (Å²) in [5.74, 6) is 0.435. The molecule has 20 heavy (non-hydrogen) atoms. The Bertz CT molecular complexity index is 612. The van der Waals surface area contributed by atoms with Crippen LogP contribution in [0.5, 0.6) is 5.75 Å².